The first-order valence-corrected chi connectivity index (χ1v) is 7.56. The van der Waals surface area contributed by atoms with Gasteiger partial charge in [-0.05, 0) is 42.0 Å². The molecule has 1 fully saturated rings. The standard InChI is InChI=1S/C18H16FN3O2/c19-14-5-7-15(8-6-14)21-18(23)22-17-11-24-10-16(17)13-3-1-12(9-20)2-4-13/h1-8,16-17H,10-11H2,(H2,21,22,23). The molecular weight excluding hydrogens is 309 g/mol. The molecule has 3 rings (SSSR count). The Hall–Kier alpha value is -2.91. The maximum atomic E-state index is 12.9. The fourth-order valence-electron chi connectivity index (χ4n) is 2.70. The van der Waals surface area contributed by atoms with Crippen molar-refractivity contribution < 1.29 is 13.9 Å². The molecule has 2 amide bonds. The van der Waals surface area contributed by atoms with E-state index in [4.69, 9.17) is 10.00 Å². The highest BCUT2D eigenvalue weighted by molar-refractivity contribution is 5.89. The molecule has 0 saturated carbocycles. The molecule has 0 aromatic heterocycles. The largest absolute Gasteiger partial charge is 0.379 e. The van der Waals surface area contributed by atoms with E-state index in [-0.39, 0.29) is 23.8 Å². The molecule has 0 spiro atoms. The van der Waals surface area contributed by atoms with Gasteiger partial charge < -0.3 is 15.4 Å². The van der Waals surface area contributed by atoms with Crippen molar-refractivity contribution in [1.29, 1.82) is 5.26 Å². The second-order valence-corrected chi connectivity index (χ2v) is 5.59. The summed E-state index contributed by atoms with van der Waals surface area (Å²) in [5, 5.41) is 14.4. The number of benzene rings is 2. The van der Waals surface area contributed by atoms with Crippen molar-refractivity contribution in [1.82, 2.24) is 5.32 Å². The van der Waals surface area contributed by atoms with Crippen LogP contribution in [0.5, 0.6) is 0 Å². The summed E-state index contributed by atoms with van der Waals surface area (Å²) in [4.78, 5) is 12.1. The summed E-state index contributed by atoms with van der Waals surface area (Å²) >= 11 is 0. The summed E-state index contributed by atoms with van der Waals surface area (Å²) in [6.07, 6.45) is 0. The number of carbonyl (C=O) groups is 1. The van der Waals surface area contributed by atoms with Crippen molar-refractivity contribution in [3.8, 4) is 6.07 Å². The quantitative estimate of drug-likeness (QED) is 0.911. The summed E-state index contributed by atoms with van der Waals surface area (Å²) in [6, 6.07) is 14.4. The predicted octanol–water partition coefficient (Wildman–Crippen LogP) is 3.00. The Morgan fingerprint density at radius 1 is 1.12 bits per heavy atom. The molecule has 122 valence electrons. The van der Waals surface area contributed by atoms with E-state index >= 15 is 0 Å². The summed E-state index contributed by atoms with van der Waals surface area (Å²) < 4.78 is 18.4. The number of carbonyl (C=O) groups excluding carboxylic acids is 1. The van der Waals surface area contributed by atoms with Crippen molar-refractivity contribution in [2.75, 3.05) is 18.5 Å². The van der Waals surface area contributed by atoms with Gasteiger partial charge in [0, 0.05) is 11.6 Å². The van der Waals surface area contributed by atoms with E-state index in [1.165, 1.54) is 24.3 Å². The van der Waals surface area contributed by atoms with Crippen LogP contribution in [0.25, 0.3) is 0 Å². The maximum Gasteiger partial charge on any atom is 0.319 e. The number of amides is 2. The Kier molecular flexibility index (Phi) is 4.73. The van der Waals surface area contributed by atoms with Gasteiger partial charge in [0.25, 0.3) is 0 Å². The third-order valence-corrected chi connectivity index (χ3v) is 3.97. The lowest BCUT2D eigenvalue weighted by Gasteiger charge is -2.20. The number of nitrogens with zero attached hydrogens (tertiary/aromatic N) is 1. The normalized spacial score (nSPS) is 19.5. The Morgan fingerprint density at radius 3 is 2.50 bits per heavy atom. The van der Waals surface area contributed by atoms with Crippen molar-refractivity contribution in [3.63, 3.8) is 0 Å². The van der Waals surface area contributed by atoms with E-state index in [1.807, 2.05) is 12.1 Å². The van der Waals surface area contributed by atoms with Crippen LogP contribution in [0.2, 0.25) is 0 Å². The first-order chi connectivity index (χ1) is 11.7. The monoisotopic (exact) mass is 325 g/mol. The van der Waals surface area contributed by atoms with Crippen LogP contribution in [0, 0.1) is 17.1 Å². The number of nitriles is 1. The zero-order chi connectivity index (χ0) is 16.9. The van der Waals surface area contributed by atoms with Crippen LogP contribution in [0.1, 0.15) is 17.0 Å². The van der Waals surface area contributed by atoms with Gasteiger partial charge in [0.15, 0.2) is 0 Å². The second kappa shape index (κ2) is 7.11. The van der Waals surface area contributed by atoms with Gasteiger partial charge in [-0.2, -0.15) is 5.26 Å². The molecule has 2 aromatic rings. The van der Waals surface area contributed by atoms with Crippen LogP contribution in [0.3, 0.4) is 0 Å². The second-order valence-electron chi connectivity index (χ2n) is 5.59. The Morgan fingerprint density at radius 2 is 1.83 bits per heavy atom. The van der Waals surface area contributed by atoms with E-state index in [1.54, 1.807) is 12.1 Å². The molecular formula is C18H16FN3O2. The van der Waals surface area contributed by atoms with Crippen LogP contribution >= 0.6 is 0 Å². The number of hydrogen-bond donors (Lipinski definition) is 2. The van der Waals surface area contributed by atoms with Crippen LogP contribution < -0.4 is 10.6 Å². The first-order valence-electron chi connectivity index (χ1n) is 7.56. The molecule has 1 aliphatic heterocycles. The topological polar surface area (TPSA) is 74.1 Å². The van der Waals surface area contributed by atoms with Crippen LogP contribution in [-0.4, -0.2) is 25.3 Å². The van der Waals surface area contributed by atoms with Gasteiger partial charge >= 0.3 is 6.03 Å². The molecule has 0 bridgehead atoms. The molecule has 1 aliphatic rings. The van der Waals surface area contributed by atoms with Crippen molar-refractivity contribution in [3.05, 3.63) is 65.5 Å². The number of rotatable bonds is 3. The van der Waals surface area contributed by atoms with E-state index in [0.29, 0.717) is 24.5 Å². The molecule has 2 N–H and O–H groups in total. The van der Waals surface area contributed by atoms with Crippen molar-refractivity contribution >= 4 is 11.7 Å². The Balaban J connectivity index is 1.63. The van der Waals surface area contributed by atoms with Gasteiger partial charge in [0.1, 0.15) is 5.82 Å². The van der Waals surface area contributed by atoms with Crippen molar-refractivity contribution in [2.24, 2.45) is 0 Å². The number of urea groups is 1. The minimum absolute atomic E-state index is 0.0247. The van der Waals surface area contributed by atoms with Crippen molar-refractivity contribution in [2.45, 2.75) is 12.0 Å². The molecule has 1 saturated heterocycles. The molecule has 24 heavy (non-hydrogen) atoms. The average molecular weight is 325 g/mol. The predicted molar refractivity (Wildman–Crippen MR) is 87.1 cm³/mol. The van der Waals surface area contributed by atoms with E-state index < -0.39 is 0 Å². The Labute approximate surface area is 139 Å². The van der Waals surface area contributed by atoms with Gasteiger partial charge in [0.2, 0.25) is 0 Å². The molecule has 0 radical (unpaired) electrons. The minimum Gasteiger partial charge on any atom is -0.379 e. The van der Waals surface area contributed by atoms with Gasteiger partial charge in [-0.1, -0.05) is 12.1 Å². The zero-order valence-electron chi connectivity index (χ0n) is 12.8. The minimum atomic E-state index is -0.365. The SMILES string of the molecule is N#Cc1ccc(C2COCC2NC(=O)Nc2ccc(F)cc2)cc1. The van der Waals surface area contributed by atoms with Gasteiger partial charge in [-0.3, -0.25) is 0 Å². The number of nitrogens with one attached hydrogen (secondary N) is 2. The van der Waals surface area contributed by atoms with E-state index in [2.05, 4.69) is 16.7 Å². The Bertz CT molecular complexity index is 753. The number of ether oxygens (including phenoxy) is 1. The van der Waals surface area contributed by atoms with Gasteiger partial charge in [-0.15, -0.1) is 0 Å². The highest BCUT2D eigenvalue weighted by Gasteiger charge is 2.30. The average Bonchev–Trinajstić information content (AvgIpc) is 3.05. The fourth-order valence-corrected chi connectivity index (χ4v) is 2.70. The summed E-state index contributed by atoms with van der Waals surface area (Å²) in [5.74, 6) is -0.331. The lowest BCUT2D eigenvalue weighted by molar-refractivity contribution is 0.187. The molecule has 2 atom stereocenters. The highest BCUT2D eigenvalue weighted by atomic mass is 19.1. The lowest BCUT2D eigenvalue weighted by Crippen LogP contribution is -2.41. The summed E-state index contributed by atoms with van der Waals surface area (Å²) in [6.45, 7) is 0.925. The third-order valence-electron chi connectivity index (χ3n) is 3.97. The summed E-state index contributed by atoms with van der Waals surface area (Å²) in [7, 11) is 0. The van der Waals surface area contributed by atoms with Crippen LogP contribution in [-0.2, 0) is 4.74 Å². The van der Waals surface area contributed by atoms with Gasteiger partial charge in [0.05, 0.1) is 30.9 Å². The number of hydrogen-bond acceptors (Lipinski definition) is 3. The molecule has 1 heterocycles. The van der Waals surface area contributed by atoms with Gasteiger partial charge in [-0.25, -0.2) is 9.18 Å². The molecule has 0 aliphatic carbocycles. The fraction of sp³-hybridized carbons (Fsp3) is 0.222. The molecule has 6 heteroatoms. The maximum absolute atomic E-state index is 12.9. The molecule has 2 unspecified atom stereocenters. The van der Waals surface area contributed by atoms with E-state index in [9.17, 15) is 9.18 Å². The third kappa shape index (κ3) is 3.70. The number of anilines is 1. The smallest absolute Gasteiger partial charge is 0.319 e. The highest BCUT2D eigenvalue weighted by Crippen LogP contribution is 2.26. The molecule has 5 nitrogen and oxygen atoms in total. The lowest BCUT2D eigenvalue weighted by atomic mass is 9.94. The van der Waals surface area contributed by atoms with Crippen LogP contribution in [0.15, 0.2) is 48.5 Å². The molecule has 2 aromatic carbocycles. The van der Waals surface area contributed by atoms with Crippen LogP contribution in [0.4, 0.5) is 14.9 Å². The first kappa shape index (κ1) is 16.0. The summed E-state index contributed by atoms with van der Waals surface area (Å²) in [5.41, 5.74) is 2.12. The zero-order valence-corrected chi connectivity index (χ0v) is 12.8. The number of halogens is 1. The van der Waals surface area contributed by atoms with E-state index in [0.717, 1.165) is 5.56 Å².